The van der Waals surface area contributed by atoms with E-state index < -0.39 is 0 Å². The molecule has 2 N–H and O–H groups in total. The molecule has 1 nitrogen and oxygen atoms in total. The summed E-state index contributed by atoms with van der Waals surface area (Å²) >= 11 is 0. The summed E-state index contributed by atoms with van der Waals surface area (Å²) < 4.78 is 0. The van der Waals surface area contributed by atoms with E-state index in [0.29, 0.717) is 0 Å². The van der Waals surface area contributed by atoms with Crippen molar-refractivity contribution in [3.63, 3.8) is 0 Å². The van der Waals surface area contributed by atoms with Gasteiger partial charge in [0.05, 0.1) is 0 Å². The van der Waals surface area contributed by atoms with Crippen molar-refractivity contribution in [3.05, 3.63) is 35.9 Å². The van der Waals surface area contributed by atoms with Gasteiger partial charge < -0.3 is 5.73 Å². The molecule has 0 fully saturated rings. The van der Waals surface area contributed by atoms with Gasteiger partial charge in [-0.15, -0.1) is 17.0 Å². The third kappa shape index (κ3) is 5.81. The number of hydrogen-bond acceptors (Lipinski definition) is 1. The molecule has 1 rings (SSSR count). The Morgan fingerprint density at radius 2 is 1.64 bits per heavy atom. The van der Waals surface area contributed by atoms with E-state index in [1.807, 2.05) is 18.2 Å². The molecule has 0 bridgehead atoms. The summed E-state index contributed by atoms with van der Waals surface area (Å²) in [5.74, 6) is 0. The van der Waals surface area contributed by atoms with Gasteiger partial charge in [-0.3, -0.25) is 0 Å². The van der Waals surface area contributed by atoms with Gasteiger partial charge in [-0.1, -0.05) is 30.3 Å². The SMILES string of the molecule is Br.NCCc1ccccc1.[PbH2]. The Morgan fingerprint density at radius 3 is 2.09 bits per heavy atom. The Kier molecular flexibility index (Phi) is 11.1. The molecule has 0 spiro atoms. The molecule has 0 aliphatic rings. The molecule has 1 aromatic rings. The summed E-state index contributed by atoms with van der Waals surface area (Å²) in [6.45, 7) is 0.740. The molecule has 1 aromatic carbocycles. The van der Waals surface area contributed by atoms with Crippen LogP contribution in [0.1, 0.15) is 5.56 Å². The number of nitrogens with two attached hydrogens (primary N) is 1. The first-order valence-electron chi connectivity index (χ1n) is 3.17. The Hall–Kier alpha value is 0.582. The number of rotatable bonds is 2. The zero-order valence-corrected chi connectivity index (χ0v) is 13.7. The van der Waals surface area contributed by atoms with E-state index in [-0.39, 0.29) is 44.3 Å². The van der Waals surface area contributed by atoms with E-state index in [0.717, 1.165) is 13.0 Å². The van der Waals surface area contributed by atoms with Crippen LogP contribution in [0, 0.1) is 0 Å². The van der Waals surface area contributed by atoms with Gasteiger partial charge in [-0.05, 0) is 18.5 Å². The maximum absolute atomic E-state index is 5.36. The summed E-state index contributed by atoms with van der Waals surface area (Å²) in [5, 5.41) is 0. The van der Waals surface area contributed by atoms with Crippen LogP contribution in [0.15, 0.2) is 30.3 Å². The van der Waals surface area contributed by atoms with Gasteiger partial charge in [0.25, 0.3) is 0 Å². The third-order valence-corrected chi connectivity index (χ3v) is 1.28. The van der Waals surface area contributed by atoms with Crippen molar-refractivity contribution >= 4 is 44.3 Å². The van der Waals surface area contributed by atoms with Crippen LogP contribution in [-0.4, -0.2) is 33.8 Å². The van der Waals surface area contributed by atoms with Gasteiger partial charge >= 0.3 is 27.3 Å². The normalized spacial score (nSPS) is 7.73. The Bertz CT molecular complexity index is 167. The molecule has 62 valence electrons. The standard InChI is InChI=1S/C8H11N.BrH.Pb.2H/c9-7-6-8-4-2-1-3-5-8;;;;/h1-5H,6-7,9H2;1H;;;. The summed E-state index contributed by atoms with van der Waals surface area (Å²) in [4.78, 5) is 0. The van der Waals surface area contributed by atoms with Gasteiger partial charge in [-0.2, -0.15) is 0 Å². The zero-order valence-electron chi connectivity index (χ0n) is 6.49. The predicted octanol–water partition coefficient (Wildman–Crippen LogP) is 0.849. The summed E-state index contributed by atoms with van der Waals surface area (Å²) in [5.41, 5.74) is 6.68. The fourth-order valence-electron chi connectivity index (χ4n) is 0.811. The molecule has 2 radical (unpaired) electrons. The van der Waals surface area contributed by atoms with Crippen LogP contribution in [0.25, 0.3) is 0 Å². The van der Waals surface area contributed by atoms with Gasteiger partial charge in [0, 0.05) is 0 Å². The van der Waals surface area contributed by atoms with Crippen molar-refractivity contribution in [2.75, 3.05) is 6.54 Å². The first kappa shape index (κ1) is 14.1. The van der Waals surface area contributed by atoms with Crippen molar-refractivity contribution in [2.45, 2.75) is 6.42 Å². The first-order chi connectivity index (χ1) is 4.43. The van der Waals surface area contributed by atoms with E-state index >= 15 is 0 Å². The van der Waals surface area contributed by atoms with Crippen molar-refractivity contribution in [3.8, 4) is 0 Å². The second-order valence-corrected chi connectivity index (χ2v) is 2.02. The van der Waals surface area contributed by atoms with Crippen LogP contribution in [0.5, 0.6) is 0 Å². The molecular weight excluding hydrogens is 397 g/mol. The van der Waals surface area contributed by atoms with Gasteiger partial charge in [-0.25, -0.2) is 0 Å². The zero-order chi connectivity index (χ0) is 6.53. The van der Waals surface area contributed by atoms with Gasteiger partial charge in [0.15, 0.2) is 0 Å². The average Bonchev–Trinajstić information content (AvgIpc) is 1.91. The second kappa shape index (κ2) is 8.68. The maximum atomic E-state index is 5.36. The summed E-state index contributed by atoms with van der Waals surface area (Å²) in [7, 11) is 0. The van der Waals surface area contributed by atoms with Crippen LogP contribution in [0.4, 0.5) is 0 Å². The Labute approximate surface area is 98.3 Å². The van der Waals surface area contributed by atoms with E-state index in [1.54, 1.807) is 0 Å². The minimum absolute atomic E-state index is 0. The molecule has 11 heavy (non-hydrogen) atoms. The monoisotopic (exact) mass is 411 g/mol. The van der Waals surface area contributed by atoms with Crippen LogP contribution >= 0.6 is 17.0 Å². The third-order valence-electron chi connectivity index (χ3n) is 1.28. The molecule has 0 amide bonds. The van der Waals surface area contributed by atoms with Crippen molar-refractivity contribution < 1.29 is 0 Å². The van der Waals surface area contributed by atoms with Gasteiger partial charge in [0.1, 0.15) is 0 Å². The fraction of sp³-hybridized carbons (Fsp3) is 0.250. The van der Waals surface area contributed by atoms with Crippen LogP contribution < -0.4 is 5.73 Å². The Balaban J connectivity index is 0. The molecule has 0 aliphatic heterocycles. The number of halogens is 1. The molecule has 0 unspecified atom stereocenters. The van der Waals surface area contributed by atoms with E-state index in [2.05, 4.69) is 12.1 Å². The first-order valence-corrected chi connectivity index (χ1v) is 3.17. The summed E-state index contributed by atoms with van der Waals surface area (Å²) in [6.07, 6.45) is 0.987. The van der Waals surface area contributed by atoms with E-state index in [9.17, 15) is 0 Å². The van der Waals surface area contributed by atoms with Crippen LogP contribution in [0.3, 0.4) is 0 Å². The van der Waals surface area contributed by atoms with E-state index in [4.69, 9.17) is 5.73 Å². The van der Waals surface area contributed by atoms with Gasteiger partial charge in [0.2, 0.25) is 0 Å². The molecule has 0 saturated carbocycles. The van der Waals surface area contributed by atoms with E-state index in [1.165, 1.54) is 5.56 Å². The molecule has 0 aliphatic carbocycles. The molecule has 3 heteroatoms. The fourth-order valence-corrected chi connectivity index (χ4v) is 0.811. The van der Waals surface area contributed by atoms with Crippen LogP contribution in [-0.2, 0) is 6.42 Å². The molecule has 0 saturated heterocycles. The van der Waals surface area contributed by atoms with Crippen molar-refractivity contribution in [1.29, 1.82) is 0 Å². The molecular formula is C8H14BrNPb. The van der Waals surface area contributed by atoms with Crippen molar-refractivity contribution in [2.24, 2.45) is 5.73 Å². The predicted molar refractivity (Wildman–Crippen MR) is 58.1 cm³/mol. The quantitative estimate of drug-likeness (QED) is 0.718. The average molecular weight is 411 g/mol. The van der Waals surface area contributed by atoms with Crippen LogP contribution in [0.2, 0.25) is 0 Å². The number of benzene rings is 1. The Morgan fingerprint density at radius 1 is 1.09 bits per heavy atom. The molecule has 0 aromatic heterocycles. The molecule has 0 atom stereocenters. The second-order valence-electron chi connectivity index (χ2n) is 2.02. The van der Waals surface area contributed by atoms with Crippen molar-refractivity contribution in [1.82, 2.24) is 0 Å². The molecule has 0 heterocycles. The number of hydrogen-bond donors (Lipinski definition) is 1. The summed E-state index contributed by atoms with van der Waals surface area (Å²) in [6, 6.07) is 10.3. The topological polar surface area (TPSA) is 26.0 Å². The minimum atomic E-state index is 0.